The van der Waals surface area contributed by atoms with Crippen molar-refractivity contribution in [2.45, 2.75) is 0 Å². The summed E-state index contributed by atoms with van der Waals surface area (Å²) in [5, 5.41) is 2.15. The summed E-state index contributed by atoms with van der Waals surface area (Å²) in [6.45, 7) is 0. The Labute approximate surface area is 116 Å². The Balaban J connectivity index is 0.000000148. The van der Waals surface area contributed by atoms with Gasteiger partial charge in [0.15, 0.2) is 0 Å². The molecule has 2 aromatic carbocycles. The van der Waals surface area contributed by atoms with Crippen LogP contribution in [0.5, 0.6) is 0 Å². The van der Waals surface area contributed by atoms with Gasteiger partial charge in [-0.3, -0.25) is 4.79 Å². The number of benzene rings is 2. The normalized spacial score (nSPS) is 11.3. The van der Waals surface area contributed by atoms with Crippen LogP contribution < -0.4 is 10.6 Å². The second-order valence-corrected chi connectivity index (χ2v) is 4.24. The van der Waals surface area contributed by atoms with Gasteiger partial charge in [-0.1, -0.05) is 35.7 Å². The van der Waals surface area contributed by atoms with Crippen LogP contribution in [0.1, 0.15) is 5.56 Å². The fourth-order valence-corrected chi connectivity index (χ4v) is 1.74. The van der Waals surface area contributed by atoms with Gasteiger partial charge in [0.2, 0.25) is 0 Å². The molecule has 2 aromatic rings. The number of hydrogen-bond donors (Lipinski definition) is 0. The molecule has 0 N–H and O–H groups in total. The Bertz CT molecular complexity index is 758. The first-order valence-corrected chi connectivity index (χ1v) is 5.98. The maximum absolute atomic E-state index is 10.7. The molecular formula is C16H10ClNO. The first kappa shape index (κ1) is 13.1. The molecule has 0 spiro atoms. The number of amides is 1. The molecule has 0 saturated heterocycles. The van der Waals surface area contributed by atoms with Crippen molar-refractivity contribution in [1.82, 2.24) is 0 Å². The summed E-state index contributed by atoms with van der Waals surface area (Å²) >= 11 is 5.70. The molecule has 3 heteroatoms. The molecule has 0 radical (unpaired) electrons. The Morgan fingerprint density at radius 2 is 1.84 bits per heavy atom. The van der Waals surface area contributed by atoms with Gasteiger partial charge in [0, 0.05) is 21.9 Å². The van der Waals surface area contributed by atoms with Crippen molar-refractivity contribution < 1.29 is 4.79 Å². The molecule has 0 bridgehead atoms. The molecule has 0 atom stereocenters. The van der Waals surface area contributed by atoms with Crippen LogP contribution in [0.3, 0.4) is 0 Å². The van der Waals surface area contributed by atoms with E-state index in [1.165, 1.54) is 6.08 Å². The highest BCUT2D eigenvalue weighted by molar-refractivity contribution is 6.30. The molecule has 3 rings (SSSR count). The minimum atomic E-state index is -0.206. The lowest BCUT2D eigenvalue weighted by Crippen LogP contribution is -2.20. The fraction of sp³-hybridized carbons (Fsp3) is 0. The molecule has 19 heavy (non-hydrogen) atoms. The van der Waals surface area contributed by atoms with Crippen LogP contribution in [0.4, 0.5) is 0 Å². The van der Waals surface area contributed by atoms with Crippen LogP contribution in [-0.2, 0) is 4.79 Å². The molecule has 1 amide bonds. The summed E-state index contributed by atoms with van der Waals surface area (Å²) in [6, 6.07) is 14.8. The molecule has 0 fully saturated rings. The van der Waals surface area contributed by atoms with Crippen molar-refractivity contribution in [3.8, 4) is 12.3 Å². The minimum absolute atomic E-state index is 0.206. The highest BCUT2D eigenvalue weighted by atomic mass is 35.5. The number of rotatable bonds is 0. The molecule has 1 aliphatic rings. The van der Waals surface area contributed by atoms with Gasteiger partial charge in [0.25, 0.3) is 5.91 Å². The lowest BCUT2D eigenvalue weighted by molar-refractivity contribution is -0.112. The first-order valence-electron chi connectivity index (χ1n) is 5.61. The Morgan fingerprint density at radius 3 is 2.47 bits per heavy atom. The Kier molecular flexibility index (Phi) is 4.12. The van der Waals surface area contributed by atoms with E-state index in [1.54, 1.807) is 18.2 Å². The standard InChI is InChI=1S/C8H4ClNO.C8H6/c9-6-1-2-7-5(3-6)4-8(11)10-7;1-2-8-6-4-3-5-7-8/h1-4H;1,3-7H. The molecule has 0 saturated carbocycles. The minimum Gasteiger partial charge on any atom is -0.267 e. The highest BCUT2D eigenvalue weighted by Gasteiger charge is 2.01. The number of fused-ring (bicyclic) bond motifs is 1. The number of hydrogen-bond acceptors (Lipinski definition) is 1. The molecule has 92 valence electrons. The summed E-state index contributed by atoms with van der Waals surface area (Å²) in [5.74, 6) is 2.32. The van der Waals surface area contributed by atoms with Gasteiger partial charge in [0.1, 0.15) is 0 Å². The predicted octanol–water partition coefficient (Wildman–Crippen LogP) is 1.95. The smallest absolute Gasteiger partial charge is 0.267 e. The van der Waals surface area contributed by atoms with Crippen molar-refractivity contribution in [2.75, 3.05) is 0 Å². The van der Waals surface area contributed by atoms with Crippen molar-refractivity contribution >= 4 is 23.6 Å². The average Bonchev–Trinajstić information content (AvgIpc) is 2.79. The summed E-state index contributed by atoms with van der Waals surface area (Å²) in [6.07, 6.45) is 6.57. The van der Waals surface area contributed by atoms with Gasteiger partial charge >= 0.3 is 0 Å². The molecule has 2 nitrogen and oxygen atoms in total. The van der Waals surface area contributed by atoms with E-state index < -0.39 is 0 Å². The fourth-order valence-electron chi connectivity index (χ4n) is 1.56. The van der Waals surface area contributed by atoms with Crippen molar-refractivity contribution in [3.05, 3.63) is 69.7 Å². The van der Waals surface area contributed by atoms with Gasteiger partial charge in [-0.15, -0.1) is 6.42 Å². The van der Waals surface area contributed by atoms with Crippen molar-refractivity contribution in [2.24, 2.45) is 4.99 Å². The topological polar surface area (TPSA) is 29.4 Å². The van der Waals surface area contributed by atoms with Gasteiger partial charge in [-0.2, -0.15) is 0 Å². The van der Waals surface area contributed by atoms with E-state index in [9.17, 15) is 4.79 Å². The van der Waals surface area contributed by atoms with Gasteiger partial charge in [-0.05, 0) is 30.3 Å². The lowest BCUT2D eigenvalue weighted by atomic mass is 10.2. The molecule has 1 heterocycles. The zero-order valence-corrected chi connectivity index (χ0v) is 10.8. The number of carbonyl (C=O) groups excluding carboxylic acids is 1. The van der Waals surface area contributed by atoms with E-state index in [0.717, 1.165) is 10.8 Å². The maximum atomic E-state index is 10.7. The summed E-state index contributed by atoms with van der Waals surface area (Å²) < 4.78 is 0. The van der Waals surface area contributed by atoms with E-state index in [-0.39, 0.29) is 5.91 Å². The third-order valence-corrected chi connectivity index (χ3v) is 2.67. The van der Waals surface area contributed by atoms with Crippen LogP contribution >= 0.6 is 11.6 Å². The highest BCUT2D eigenvalue weighted by Crippen LogP contribution is 2.00. The van der Waals surface area contributed by atoms with Gasteiger partial charge in [0.05, 0.1) is 5.36 Å². The second-order valence-electron chi connectivity index (χ2n) is 3.81. The van der Waals surface area contributed by atoms with E-state index in [1.807, 2.05) is 30.3 Å². The van der Waals surface area contributed by atoms with Gasteiger partial charge in [-0.25, -0.2) is 4.99 Å². The number of terminal acetylenes is 1. The number of halogens is 1. The van der Waals surface area contributed by atoms with Crippen LogP contribution in [0.2, 0.25) is 5.02 Å². The quantitative estimate of drug-likeness (QED) is 0.671. The molecular weight excluding hydrogens is 258 g/mol. The van der Waals surface area contributed by atoms with Crippen molar-refractivity contribution in [3.63, 3.8) is 0 Å². The third kappa shape index (κ3) is 3.54. The summed E-state index contributed by atoms with van der Waals surface area (Å²) in [7, 11) is 0. The van der Waals surface area contributed by atoms with Crippen LogP contribution in [0.15, 0.2) is 53.5 Å². The van der Waals surface area contributed by atoms with E-state index in [2.05, 4.69) is 10.9 Å². The van der Waals surface area contributed by atoms with Gasteiger partial charge < -0.3 is 0 Å². The van der Waals surface area contributed by atoms with E-state index in [4.69, 9.17) is 18.0 Å². The average molecular weight is 268 g/mol. The molecule has 0 aromatic heterocycles. The Morgan fingerprint density at radius 1 is 1.11 bits per heavy atom. The summed E-state index contributed by atoms with van der Waals surface area (Å²) in [4.78, 5) is 14.5. The zero-order valence-electron chi connectivity index (χ0n) is 10.0. The van der Waals surface area contributed by atoms with Crippen molar-refractivity contribution in [1.29, 1.82) is 0 Å². The largest absolute Gasteiger partial charge is 0.270 e. The van der Waals surface area contributed by atoms with Crippen LogP contribution in [0, 0.1) is 12.3 Å². The molecule has 0 aliphatic carbocycles. The first-order chi connectivity index (χ1) is 9.19. The van der Waals surface area contributed by atoms with E-state index in [0.29, 0.717) is 10.4 Å². The number of carbonyl (C=O) groups is 1. The van der Waals surface area contributed by atoms with Crippen LogP contribution in [-0.4, -0.2) is 5.91 Å². The SMILES string of the molecule is C#Cc1ccccc1.O=C1C=c2cc(Cl)ccc2=N1. The van der Waals surface area contributed by atoms with Crippen LogP contribution in [0.25, 0.3) is 6.08 Å². The monoisotopic (exact) mass is 267 g/mol. The maximum Gasteiger partial charge on any atom is 0.270 e. The zero-order chi connectivity index (χ0) is 13.7. The molecule has 1 aliphatic heterocycles. The molecule has 0 unspecified atom stereocenters. The number of nitrogens with zero attached hydrogens (tertiary/aromatic N) is 1. The van der Waals surface area contributed by atoms with E-state index >= 15 is 0 Å². The third-order valence-electron chi connectivity index (χ3n) is 2.44. The predicted molar refractivity (Wildman–Crippen MR) is 76.1 cm³/mol. The Hall–Kier alpha value is -2.37. The lowest BCUT2D eigenvalue weighted by Gasteiger charge is -1.84. The summed E-state index contributed by atoms with van der Waals surface area (Å²) in [5.41, 5.74) is 0.938. The second kappa shape index (κ2) is 5.99.